The van der Waals surface area contributed by atoms with Gasteiger partial charge < -0.3 is 5.32 Å². The van der Waals surface area contributed by atoms with Gasteiger partial charge in [0.1, 0.15) is 5.15 Å². The van der Waals surface area contributed by atoms with E-state index in [0.717, 1.165) is 18.7 Å². The Morgan fingerprint density at radius 1 is 1.47 bits per heavy atom. The van der Waals surface area contributed by atoms with Crippen LogP contribution in [0.2, 0.25) is 5.15 Å². The van der Waals surface area contributed by atoms with Crippen LogP contribution >= 0.6 is 11.6 Å². The molecule has 0 bridgehead atoms. The van der Waals surface area contributed by atoms with Gasteiger partial charge in [-0.3, -0.25) is 5.10 Å². The predicted molar refractivity (Wildman–Crippen MR) is 60.0 cm³/mol. The number of halogens is 1. The van der Waals surface area contributed by atoms with Crippen molar-refractivity contribution in [2.45, 2.75) is 6.42 Å². The number of pyridine rings is 1. The third kappa shape index (κ3) is 2.95. The zero-order valence-electron chi connectivity index (χ0n) is 8.07. The lowest BCUT2D eigenvalue weighted by molar-refractivity contribution is 1.02. The average molecular weight is 223 g/mol. The largest absolute Gasteiger partial charge is 0.385 e. The number of nitrogens with zero attached hydrogens (tertiary/aromatic N) is 2. The van der Waals surface area contributed by atoms with Crippen LogP contribution in [0.15, 0.2) is 30.7 Å². The highest BCUT2D eigenvalue weighted by molar-refractivity contribution is 6.29. The van der Waals surface area contributed by atoms with Gasteiger partial charge in [0.15, 0.2) is 0 Å². The first-order chi connectivity index (χ1) is 7.34. The summed E-state index contributed by atoms with van der Waals surface area (Å²) < 4.78 is 0. The summed E-state index contributed by atoms with van der Waals surface area (Å²) in [5, 5.41) is 10.4. The molecule has 0 atom stereocenters. The van der Waals surface area contributed by atoms with Crippen LogP contribution < -0.4 is 5.32 Å². The van der Waals surface area contributed by atoms with Crippen LogP contribution in [0.3, 0.4) is 0 Å². The number of aromatic nitrogens is 3. The minimum Gasteiger partial charge on any atom is -0.385 e. The van der Waals surface area contributed by atoms with Gasteiger partial charge in [0.2, 0.25) is 0 Å². The van der Waals surface area contributed by atoms with E-state index >= 15 is 0 Å². The van der Waals surface area contributed by atoms with E-state index in [1.54, 1.807) is 12.3 Å². The van der Waals surface area contributed by atoms with Gasteiger partial charge in [-0.15, -0.1) is 0 Å². The van der Waals surface area contributed by atoms with E-state index in [4.69, 9.17) is 11.6 Å². The summed E-state index contributed by atoms with van der Waals surface area (Å²) >= 11 is 5.76. The van der Waals surface area contributed by atoms with Crippen LogP contribution in [-0.2, 0) is 6.42 Å². The lowest BCUT2D eigenvalue weighted by atomic mass is 10.2. The van der Waals surface area contributed by atoms with Crippen molar-refractivity contribution in [3.8, 4) is 0 Å². The standard InChI is InChI=1S/C10H11ClN4/c11-10-5-9(2-4-13-10)12-3-1-8-6-14-15-7-8/h2,4-7H,1,3H2,(H,12,13)(H,14,15). The summed E-state index contributed by atoms with van der Waals surface area (Å²) in [5.74, 6) is 0. The third-order valence-corrected chi connectivity index (χ3v) is 2.23. The maximum Gasteiger partial charge on any atom is 0.131 e. The number of hydrogen-bond donors (Lipinski definition) is 2. The molecule has 0 saturated carbocycles. The molecule has 4 nitrogen and oxygen atoms in total. The summed E-state index contributed by atoms with van der Waals surface area (Å²) in [6.45, 7) is 0.847. The van der Waals surface area contributed by atoms with Gasteiger partial charge in [0.25, 0.3) is 0 Å². The lowest BCUT2D eigenvalue weighted by Gasteiger charge is -2.04. The van der Waals surface area contributed by atoms with Crippen molar-refractivity contribution in [1.29, 1.82) is 0 Å². The highest BCUT2D eigenvalue weighted by Crippen LogP contribution is 2.11. The molecule has 0 saturated heterocycles. The molecular weight excluding hydrogens is 212 g/mol. The second-order valence-electron chi connectivity index (χ2n) is 3.15. The Labute approximate surface area is 92.7 Å². The number of aromatic amines is 1. The van der Waals surface area contributed by atoms with Crippen molar-refractivity contribution in [3.63, 3.8) is 0 Å². The molecule has 0 aliphatic carbocycles. The van der Waals surface area contributed by atoms with Crippen molar-refractivity contribution in [1.82, 2.24) is 15.2 Å². The molecule has 2 N–H and O–H groups in total. The van der Waals surface area contributed by atoms with Crippen molar-refractivity contribution in [3.05, 3.63) is 41.4 Å². The van der Waals surface area contributed by atoms with E-state index in [2.05, 4.69) is 20.5 Å². The zero-order chi connectivity index (χ0) is 10.5. The number of rotatable bonds is 4. The predicted octanol–water partition coefficient (Wildman–Crippen LogP) is 2.11. The molecule has 0 fully saturated rings. The van der Waals surface area contributed by atoms with Gasteiger partial charge in [-0.05, 0) is 24.1 Å². The molecule has 78 valence electrons. The molecule has 0 radical (unpaired) electrons. The molecule has 0 aromatic carbocycles. The van der Waals surface area contributed by atoms with Crippen molar-refractivity contribution < 1.29 is 0 Å². The number of hydrogen-bond acceptors (Lipinski definition) is 3. The van der Waals surface area contributed by atoms with Crippen LogP contribution in [0.25, 0.3) is 0 Å². The molecule has 0 unspecified atom stereocenters. The molecular formula is C10H11ClN4. The second-order valence-corrected chi connectivity index (χ2v) is 3.54. The summed E-state index contributed by atoms with van der Waals surface area (Å²) in [7, 11) is 0. The zero-order valence-corrected chi connectivity index (χ0v) is 8.83. The first kappa shape index (κ1) is 9.98. The molecule has 5 heteroatoms. The van der Waals surface area contributed by atoms with E-state index in [1.165, 1.54) is 5.56 Å². The van der Waals surface area contributed by atoms with E-state index in [-0.39, 0.29) is 0 Å². The quantitative estimate of drug-likeness (QED) is 0.780. The fraction of sp³-hybridized carbons (Fsp3) is 0.200. The SMILES string of the molecule is Clc1cc(NCCc2cn[nH]c2)ccn1. The Balaban J connectivity index is 1.83. The normalized spacial score (nSPS) is 10.2. The van der Waals surface area contributed by atoms with Gasteiger partial charge in [0, 0.05) is 24.6 Å². The highest BCUT2D eigenvalue weighted by Gasteiger charge is 1.95. The minimum absolute atomic E-state index is 0.503. The summed E-state index contributed by atoms with van der Waals surface area (Å²) in [5.41, 5.74) is 2.17. The molecule has 0 amide bonds. The van der Waals surface area contributed by atoms with E-state index in [0.29, 0.717) is 5.15 Å². The molecule has 15 heavy (non-hydrogen) atoms. The van der Waals surface area contributed by atoms with Crippen LogP contribution in [-0.4, -0.2) is 21.7 Å². The van der Waals surface area contributed by atoms with Crippen molar-refractivity contribution >= 4 is 17.3 Å². The van der Waals surface area contributed by atoms with Crippen LogP contribution in [0.5, 0.6) is 0 Å². The topological polar surface area (TPSA) is 53.6 Å². The molecule has 2 heterocycles. The Bertz CT molecular complexity index is 413. The first-order valence-corrected chi connectivity index (χ1v) is 5.05. The Morgan fingerprint density at radius 2 is 2.40 bits per heavy atom. The van der Waals surface area contributed by atoms with Crippen molar-refractivity contribution in [2.75, 3.05) is 11.9 Å². The van der Waals surface area contributed by atoms with Gasteiger partial charge in [-0.2, -0.15) is 5.10 Å². The van der Waals surface area contributed by atoms with Gasteiger partial charge >= 0.3 is 0 Å². The number of nitrogens with one attached hydrogen (secondary N) is 2. The van der Waals surface area contributed by atoms with Gasteiger partial charge in [0.05, 0.1) is 6.20 Å². The molecule has 2 aromatic rings. The van der Waals surface area contributed by atoms with Crippen LogP contribution in [0, 0.1) is 0 Å². The van der Waals surface area contributed by atoms with Crippen LogP contribution in [0.4, 0.5) is 5.69 Å². The molecule has 0 aliphatic heterocycles. The van der Waals surface area contributed by atoms with E-state index in [9.17, 15) is 0 Å². The van der Waals surface area contributed by atoms with Crippen LogP contribution in [0.1, 0.15) is 5.56 Å². The fourth-order valence-corrected chi connectivity index (χ4v) is 1.45. The highest BCUT2D eigenvalue weighted by atomic mass is 35.5. The van der Waals surface area contributed by atoms with Crippen molar-refractivity contribution in [2.24, 2.45) is 0 Å². The van der Waals surface area contributed by atoms with Gasteiger partial charge in [-0.25, -0.2) is 4.98 Å². The lowest BCUT2D eigenvalue weighted by Crippen LogP contribution is -2.04. The van der Waals surface area contributed by atoms with E-state index < -0.39 is 0 Å². The number of H-pyrrole nitrogens is 1. The third-order valence-electron chi connectivity index (χ3n) is 2.02. The smallest absolute Gasteiger partial charge is 0.131 e. The molecule has 2 aromatic heterocycles. The number of anilines is 1. The molecule has 2 rings (SSSR count). The fourth-order valence-electron chi connectivity index (χ4n) is 1.28. The monoisotopic (exact) mass is 222 g/mol. The Kier molecular flexibility index (Phi) is 3.19. The first-order valence-electron chi connectivity index (χ1n) is 4.68. The maximum absolute atomic E-state index is 5.76. The molecule has 0 aliphatic rings. The summed E-state index contributed by atoms with van der Waals surface area (Å²) in [6.07, 6.45) is 6.32. The van der Waals surface area contributed by atoms with E-state index in [1.807, 2.05) is 18.5 Å². The summed E-state index contributed by atoms with van der Waals surface area (Å²) in [4.78, 5) is 3.91. The second kappa shape index (κ2) is 4.79. The summed E-state index contributed by atoms with van der Waals surface area (Å²) in [6, 6.07) is 3.69. The maximum atomic E-state index is 5.76. The Hall–Kier alpha value is -1.55. The Morgan fingerprint density at radius 3 is 3.13 bits per heavy atom. The average Bonchev–Trinajstić information content (AvgIpc) is 2.71. The van der Waals surface area contributed by atoms with Gasteiger partial charge in [-0.1, -0.05) is 11.6 Å². The molecule has 0 spiro atoms. The minimum atomic E-state index is 0.503.